The quantitative estimate of drug-likeness (QED) is 0.0213. The maximum Gasteiger partial charge on any atom is 0.410 e. The van der Waals surface area contributed by atoms with Crippen LogP contribution >= 0.6 is 0 Å². The molecule has 3 aliphatic heterocycles. The van der Waals surface area contributed by atoms with Crippen LogP contribution in [0.4, 0.5) is 48.9 Å². The molecule has 0 saturated carbocycles. The van der Waals surface area contributed by atoms with Crippen LogP contribution in [-0.4, -0.2) is 154 Å². The Bertz CT molecular complexity index is 4760. The topological polar surface area (TPSA) is 364 Å². The Morgan fingerprint density at radius 2 is 0.841 bits per heavy atom. The Balaban J connectivity index is 0.000000214. The maximum absolute atomic E-state index is 12.7. The van der Waals surface area contributed by atoms with Crippen molar-refractivity contribution in [1.29, 1.82) is 0 Å². The third kappa shape index (κ3) is 29.5. The van der Waals surface area contributed by atoms with Crippen molar-refractivity contribution in [1.82, 2.24) is 34.4 Å². The van der Waals surface area contributed by atoms with Gasteiger partial charge in [-0.3, -0.25) is 4.18 Å². The maximum atomic E-state index is 12.7. The van der Waals surface area contributed by atoms with E-state index in [9.17, 15) is 48.1 Å². The number of ether oxygens (including phenoxy) is 3. The minimum Gasteiger partial charge on any atom is -0.444 e. The van der Waals surface area contributed by atoms with Gasteiger partial charge < -0.3 is 44.4 Å². The van der Waals surface area contributed by atoms with E-state index in [4.69, 9.17) is 28.7 Å². The Hall–Kier alpha value is -8.82. The number of primary sulfonamides is 2. The summed E-state index contributed by atoms with van der Waals surface area (Å²) in [7, 11) is -15.1. The average Bonchev–Trinajstić information content (AvgIpc) is 1.72. The van der Waals surface area contributed by atoms with Crippen LogP contribution in [0, 0.1) is 24.7 Å². The average molecular weight is 1640 g/mol. The number of nitrogens with two attached hydrogens (primary N) is 2. The van der Waals surface area contributed by atoms with Crippen molar-refractivity contribution >= 4 is 93.0 Å². The molecule has 4 aromatic carbocycles. The van der Waals surface area contributed by atoms with Gasteiger partial charge >= 0.3 is 18.3 Å². The number of carbonyl (C=O) groups is 3. The molecule has 113 heavy (non-hydrogen) atoms. The molecule has 0 radical (unpaired) electrons. The molecule has 3 aliphatic rings. The van der Waals surface area contributed by atoms with Crippen molar-refractivity contribution in [2.75, 3.05) is 54.9 Å². The van der Waals surface area contributed by atoms with E-state index in [1.165, 1.54) is 18.2 Å². The molecule has 0 aliphatic carbocycles. The fraction of sp³-hybridized carbons (Fsp3) is 0.488. The third-order valence-electron chi connectivity index (χ3n) is 18.6. The fourth-order valence-electron chi connectivity index (χ4n) is 13.5. The number of nitrogens with one attached hydrogen (secondary N) is 3. The van der Waals surface area contributed by atoms with Crippen LogP contribution in [0.2, 0.25) is 0 Å². The number of hydrogen-bond acceptors (Lipinski definition) is 21. The van der Waals surface area contributed by atoms with Crippen LogP contribution in [0.25, 0.3) is 0 Å². The summed E-state index contributed by atoms with van der Waals surface area (Å²) < 4.78 is 120. The molecule has 0 spiro atoms. The van der Waals surface area contributed by atoms with Gasteiger partial charge in [0.2, 0.25) is 0 Å². The van der Waals surface area contributed by atoms with Crippen LogP contribution in [0.15, 0.2) is 190 Å². The van der Waals surface area contributed by atoms with Crippen molar-refractivity contribution in [2.45, 2.75) is 222 Å². The predicted octanol–water partition coefficient (Wildman–Crippen LogP) is 15.6. The number of aryl methyl sites for hydroxylation is 1. The molecule has 618 valence electrons. The van der Waals surface area contributed by atoms with E-state index in [-0.39, 0.29) is 61.5 Å². The predicted molar refractivity (Wildman–Crippen MR) is 441 cm³/mol. The Labute approximate surface area is 670 Å². The Morgan fingerprint density at radius 3 is 1.26 bits per heavy atom. The highest BCUT2D eigenvalue weighted by atomic mass is 32.2. The highest BCUT2D eigenvalue weighted by Gasteiger charge is 2.45. The van der Waals surface area contributed by atoms with Crippen molar-refractivity contribution < 1.29 is 66.4 Å². The monoisotopic (exact) mass is 1640 g/mol. The number of nitrogens with zero attached hydrogens (tertiary/aromatic N) is 7. The number of amides is 3. The zero-order chi connectivity index (χ0) is 83.6. The molecular weight excluding hydrogens is 1520 g/mol. The smallest absolute Gasteiger partial charge is 0.410 e. The molecule has 7 N–H and O–H groups in total. The molecule has 7 aromatic rings. The zero-order valence-corrected chi connectivity index (χ0v) is 71.3. The fourth-order valence-corrected chi connectivity index (χ4v) is 16.5. The number of pyridine rings is 3. The van der Waals surface area contributed by atoms with Crippen LogP contribution in [0.3, 0.4) is 0 Å². The van der Waals surface area contributed by atoms with Gasteiger partial charge in [0.1, 0.15) is 34.3 Å². The lowest BCUT2D eigenvalue weighted by Gasteiger charge is -2.33. The second-order valence-electron chi connectivity index (χ2n) is 33.4. The first-order valence-corrected chi connectivity index (χ1v) is 43.9. The normalized spacial score (nSPS) is 17.4. The highest BCUT2D eigenvalue weighted by molar-refractivity contribution is 7.89. The molecule has 0 bridgehead atoms. The number of para-hydroxylation sites is 3. The minimum absolute atomic E-state index is 0.0217. The van der Waals surface area contributed by atoms with Crippen LogP contribution in [0.1, 0.15) is 167 Å². The number of likely N-dealkylation sites (tertiary alicyclic amines) is 3. The molecule has 3 amide bonds. The number of carbonyl (C=O) groups excluding carboxylic acids is 3. The molecule has 3 saturated heterocycles. The van der Waals surface area contributed by atoms with E-state index in [0.29, 0.717) is 80.8 Å². The van der Waals surface area contributed by atoms with Crippen molar-refractivity contribution in [2.24, 2.45) is 28.0 Å². The van der Waals surface area contributed by atoms with Gasteiger partial charge in [0.15, 0.2) is 15.1 Å². The van der Waals surface area contributed by atoms with Crippen LogP contribution in [-0.2, 0) is 58.6 Å². The van der Waals surface area contributed by atoms with E-state index in [0.717, 1.165) is 67.6 Å². The standard InChI is InChI=1S/2C25H36N4O4S.C21H33NO5S.C11H11N3O2S/c1-24(2,3)33-23(30)29-18-19(17-25(29,4)5)11-10-16-28(20-12-7-6-8-13-20)21-14-9-15-22(27-21)34(26,31)32;1-24(2,3)33-23(30)29-18-19(17-25(29,4)5)11-10-16-26-34(31,32)22-15-9-14-21(28-22)27-20-12-7-6-8-13-20;1-16-9-11-18(12-10-16)28(24,25)26-13-7-8-17-14-21(5,6)22(15-17)19(23)27-20(2,3)4;12-17(15,16)11-8-4-7-10(14-11)13-9-5-2-1-3-6-9/h6-9,12-15,19H,10-11,16-18H2,1-5H3,(H2,26,31,32);6-9,12-15,19,26H,10-11,16-18H2,1-5H3,(H,27,28);9-12,17H,7-8,13-15H2,1-6H3;1-8H,(H,13,14)(H2,12,15,16)/t2*19-;17-;/m000./s1. The van der Waals surface area contributed by atoms with Gasteiger partial charge in [-0.15, -0.1) is 0 Å². The molecule has 27 nitrogen and oxygen atoms in total. The van der Waals surface area contributed by atoms with Crippen molar-refractivity contribution in [3.8, 4) is 0 Å². The van der Waals surface area contributed by atoms with Gasteiger partial charge in [-0.25, -0.2) is 69.6 Å². The van der Waals surface area contributed by atoms with Gasteiger partial charge in [-0.05, 0) is 271 Å². The molecule has 31 heteroatoms. The summed E-state index contributed by atoms with van der Waals surface area (Å²) >= 11 is 0. The largest absolute Gasteiger partial charge is 0.444 e. The number of sulfonamides is 3. The van der Waals surface area contributed by atoms with Crippen molar-refractivity contribution in [3.63, 3.8) is 0 Å². The minimum atomic E-state index is -3.90. The van der Waals surface area contributed by atoms with Gasteiger partial charge in [0.25, 0.3) is 40.2 Å². The van der Waals surface area contributed by atoms with Gasteiger partial charge in [-0.1, -0.05) is 90.5 Å². The van der Waals surface area contributed by atoms with Gasteiger partial charge in [0, 0.05) is 66.4 Å². The lowest BCUT2D eigenvalue weighted by Crippen LogP contribution is -2.45. The molecule has 3 fully saturated rings. The van der Waals surface area contributed by atoms with E-state index < -0.39 is 57.0 Å². The van der Waals surface area contributed by atoms with E-state index in [1.807, 2.05) is 198 Å². The number of anilines is 6. The number of hydrogen-bond donors (Lipinski definition) is 5. The molecule has 3 atom stereocenters. The summed E-state index contributed by atoms with van der Waals surface area (Å²) in [5.74, 6) is 2.37. The molecular formula is C82H116N12O15S4. The molecule has 6 heterocycles. The second-order valence-corrected chi connectivity index (χ2v) is 39.8. The molecule has 10 rings (SSSR count). The first-order chi connectivity index (χ1) is 52.5. The van der Waals surface area contributed by atoms with E-state index >= 15 is 0 Å². The summed E-state index contributed by atoms with van der Waals surface area (Å²) in [6, 6.07) is 49.4. The summed E-state index contributed by atoms with van der Waals surface area (Å²) in [4.78, 5) is 57.8. The number of rotatable bonds is 24. The number of aromatic nitrogens is 3. The highest BCUT2D eigenvalue weighted by Crippen LogP contribution is 2.40. The second kappa shape index (κ2) is 38.5. The van der Waals surface area contributed by atoms with E-state index in [1.54, 1.807) is 70.5 Å². The summed E-state index contributed by atoms with van der Waals surface area (Å²) in [5, 5.41) is 16.1. The molecule has 0 unspecified atom stereocenters. The summed E-state index contributed by atoms with van der Waals surface area (Å²) in [5.41, 5.74) is 1.15. The van der Waals surface area contributed by atoms with E-state index in [2.05, 4.69) is 44.2 Å². The van der Waals surface area contributed by atoms with Gasteiger partial charge in [-0.2, -0.15) is 8.42 Å². The van der Waals surface area contributed by atoms with Crippen LogP contribution in [0.5, 0.6) is 0 Å². The Kier molecular flexibility index (Phi) is 31.2. The SMILES string of the molecule is CC(C)(C)OC(=O)N1C[C@@H](CCCN(c2ccccc2)c2cccc(S(N)(=O)=O)n2)CC1(C)C.CC(C)(C)OC(=O)N1C[C@@H](CCCNS(=O)(=O)c2cccc(Nc3ccccc3)n2)CC1(C)C.Cc1ccc(S(=O)(=O)OCCC[C@@H]2CN(C(=O)OC(C)(C)C)C(C)(C)C2)cc1.NS(=O)(=O)c1cccc(Nc2ccccc2)n1. The molecule has 3 aromatic heterocycles. The van der Waals surface area contributed by atoms with Crippen molar-refractivity contribution in [3.05, 3.63) is 175 Å². The summed E-state index contributed by atoms with van der Waals surface area (Å²) in [6.07, 6.45) is 6.42. The zero-order valence-electron chi connectivity index (χ0n) is 68.0. The first kappa shape index (κ1) is 91.4. The number of benzene rings is 4. The van der Waals surface area contributed by atoms with Gasteiger partial charge in [0.05, 0.1) is 11.5 Å². The lowest BCUT2D eigenvalue weighted by atomic mass is 9.93. The Morgan fingerprint density at radius 1 is 0.469 bits per heavy atom. The summed E-state index contributed by atoms with van der Waals surface area (Å²) in [6.45, 7) is 34.0. The first-order valence-electron chi connectivity index (χ1n) is 37.9. The van der Waals surface area contributed by atoms with Crippen LogP contribution < -0.4 is 30.5 Å². The lowest BCUT2D eigenvalue weighted by molar-refractivity contribution is 0.0118. The third-order valence-corrected chi connectivity index (χ3v) is 22.9.